The van der Waals surface area contributed by atoms with Gasteiger partial charge >= 0.3 is 11.9 Å². The highest BCUT2D eigenvalue weighted by molar-refractivity contribution is 5.94. The Labute approximate surface area is 102 Å². The molecule has 0 aliphatic carbocycles. The van der Waals surface area contributed by atoms with Gasteiger partial charge in [-0.3, -0.25) is 9.59 Å². The molecular weight excluding hydrogens is 222 g/mol. The molecule has 17 heavy (non-hydrogen) atoms. The Morgan fingerprint density at radius 2 is 1.76 bits per heavy atom. The molecule has 0 aliphatic rings. The van der Waals surface area contributed by atoms with Crippen molar-refractivity contribution in [2.75, 3.05) is 0 Å². The summed E-state index contributed by atoms with van der Waals surface area (Å²) in [6.07, 6.45) is 0.0991. The second kappa shape index (κ2) is 6.00. The van der Waals surface area contributed by atoms with Gasteiger partial charge in [0.2, 0.25) is 0 Å². The molecule has 0 rings (SSSR count). The van der Waals surface area contributed by atoms with Crippen LogP contribution in [0.15, 0.2) is 0 Å². The molecule has 0 aromatic heterocycles. The van der Waals surface area contributed by atoms with Crippen LogP contribution in [0.2, 0.25) is 0 Å². The number of nitrogens with two attached hydrogens (primary N) is 1. The number of hydrogen-bond acceptors (Lipinski definition) is 4. The zero-order valence-corrected chi connectivity index (χ0v) is 11.2. The molecule has 5 heteroatoms. The quantitative estimate of drug-likeness (QED) is 0.564. The molecule has 0 aromatic rings. The lowest BCUT2D eigenvalue weighted by Gasteiger charge is -2.24. The number of aliphatic carboxylic acids is 1. The molecule has 0 saturated heterocycles. The molecule has 100 valence electrons. The Morgan fingerprint density at radius 3 is 2.06 bits per heavy atom. The summed E-state index contributed by atoms with van der Waals surface area (Å²) in [4.78, 5) is 22.7. The van der Waals surface area contributed by atoms with Crippen LogP contribution in [0, 0.1) is 11.8 Å². The minimum atomic E-state index is -1.19. The first-order valence-electron chi connectivity index (χ1n) is 5.76. The van der Waals surface area contributed by atoms with E-state index in [4.69, 9.17) is 15.6 Å². The lowest BCUT2D eigenvalue weighted by atomic mass is 9.93. The molecule has 0 aliphatic heterocycles. The second-order valence-corrected chi connectivity index (χ2v) is 5.57. The first-order chi connectivity index (χ1) is 7.54. The smallest absolute Gasteiger partial charge is 0.320 e. The maximum atomic E-state index is 11.7. The van der Waals surface area contributed by atoms with E-state index in [1.807, 2.05) is 13.8 Å². The molecule has 0 aromatic carbocycles. The summed E-state index contributed by atoms with van der Waals surface area (Å²) in [6.45, 7) is 8.88. The Bertz CT molecular complexity index is 281. The van der Waals surface area contributed by atoms with Crippen LogP contribution < -0.4 is 5.73 Å². The van der Waals surface area contributed by atoms with Crippen molar-refractivity contribution in [1.29, 1.82) is 0 Å². The molecule has 2 atom stereocenters. The van der Waals surface area contributed by atoms with Crippen LogP contribution >= 0.6 is 0 Å². The van der Waals surface area contributed by atoms with Crippen LogP contribution in [-0.4, -0.2) is 28.7 Å². The van der Waals surface area contributed by atoms with Gasteiger partial charge < -0.3 is 15.6 Å². The van der Waals surface area contributed by atoms with Gasteiger partial charge in [-0.2, -0.15) is 0 Å². The van der Waals surface area contributed by atoms with Gasteiger partial charge in [-0.15, -0.1) is 0 Å². The highest BCUT2D eigenvalue weighted by Gasteiger charge is 2.33. The summed E-state index contributed by atoms with van der Waals surface area (Å²) in [5.74, 6) is -2.97. The highest BCUT2D eigenvalue weighted by atomic mass is 16.6. The van der Waals surface area contributed by atoms with E-state index in [0.29, 0.717) is 0 Å². The molecule has 0 saturated carbocycles. The van der Waals surface area contributed by atoms with Crippen LogP contribution in [-0.2, 0) is 14.3 Å². The molecule has 0 heterocycles. The summed E-state index contributed by atoms with van der Waals surface area (Å²) >= 11 is 0. The van der Waals surface area contributed by atoms with Gasteiger partial charge in [-0.05, 0) is 33.1 Å². The van der Waals surface area contributed by atoms with E-state index in [-0.39, 0.29) is 18.4 Å². The number of hydrogen-bond donors (Lipinski definition) is 2. The third-order valence-corrected chi connectivity index (χ3v) is 2.35. The predicted molar refractivity (Wildman–Crippen MR) is 64.4 cm³/mol. The molecule has 0 fully saturated rings. The van der Waals surface area contributed by atoms with Gasteiger partial charge in [-0.25, -0.2) is 0 Å². The zero-order chi connectivity index (χ0) is 13.8. The van der Waals surface area contributed by atoms with Gasteiger partial charge in [-0.1, -0.05) is 13.8 Å². The largest absolute Gasteiger partial charge is 0.481 e. The number of carbonyl (C=O) groups is 2. The average molecular weight is 245 g/mol. The Morgan fingerprint density at radius 1 is 1.29 bits per heavy atom. The van der Waals surface area contributed by atoms with Crippen molar-refractivity contribution in [3.05, 3.63) is 0 Å². The Hall–Kier alpha value is -1.10. The van der Waals surface area contributed by atoms with Crippen LogP contribution in [0.1, 0.15) is 41.0 Å². The minimum absolute atomic E-state index is 0.0991. The molecule has 2 unspecified atom stereocenters. The van der Waals surface area contributed by atoms with E-state index in [1.165, 1.54) is 0 Å². The van der Waals surface area contributed by atoms with Crippen LogP contribution in [0.3, 0.4) is 0 Å². The number of carbonyl (C=O) groups excluding carboxylic acids is 1. The van der Waals surface area contributed by atoms with Gasteiger partial charge in [0.05, 0.1) is 0 Å². The third-order valence-electron chi connectivity index (χ3n) is 2.35. The van der Waals surface area contributed by atoms with Crippen molar-refractivity contribution in [1.82, 2.24) is 0 Å². The Balaban J connectivity index is 4.64. The number of esters is 1. The SMILES string of the molecule is CC(C)C(N)CC(C(=O)O)C(=O)OC(C)(C)C. The van der Waals surface area contributed by atoms with Gasteiger partial charge in [0.15, 0.2) is 5.92 Å². The summed E-state index contributed by atoms with van der Waals surface area (Å²) in [7, 11) is 0. The van der Waals surface area contributed by atoms with E-state index in [2.05, 4.69) is 0 Å². The van der Waals surface area contributed by atoms with E-state index in [1.54, 1.807) is 20.8 Å². The van der Waals surface area contributed by atoms with Crippen molar-refractivity contribution < 1.29 is 19.4 Å². The van der Waals surface area contributed by atoms with Crippen LogP contribution in [0.4, 0.5) is 0 Å². The summed E-state index contributed by atoms with van der Waals surface area (Å²) in [5, 5.41) is 9.01. The zero-order valence-electron chi connectivity index (χ0n) is 11.2. The van der Waals surface area contributed by atoms with E-state index in [0.717, 1.165) is 0 Å². The maximum Gasteiger partial charge on any atom is 0.320 e. The van der Waals surface area contributed by atoms with Gasteiger partial charge in [0.1, 0.15) is 5.60 Å². The minimum Gasteiger partial charge on any atom is -0.481 e. The normalized spacial score (nSPS) is 15.5. The maximum absolute atomic E-state index is 11.7. The predicted octanol–water partition coefficient (Wildman–Crippen LogP) is 1.40. The topological polar surface area (TPSA) is 89.6 Å². The lowest BCUT2D eigenvalue weighted by Crippen LogP contribution is -2.38. The van der Waals surface area contributed by atoms with Crippen molar-refractivity contribution in [2.24, 2.45) is 17.6 Å². The van der Waals surface area contributed by atoms with E-state index < -0.39 is 23.5 Å². The molecular formula is C12H23NO4. The average Bonchev–Trinajstić information content (AvgIpc) is 2.09. The Kier molecular flexibility index (Phi) is 5.61. The standard InChI is InChI=1S/C12H23NO4/c1-7(2)9(13)6-8(10(14)15)11(16)17-12(3,4)5/h7-9H,6,13H2,1-5H3,(H,14,15). The van der Waals surface area contributed by atoms with Crippen LogP contribution in [0.25, 0.3) is 0 Å². The number of carboxylic acids is 1. The van der Waals surface area contributed by atoms with Crippen molar-refractivity contribution in [2.45, 2.75) is 52.7 Å². The molecule has 3 N–H and O–H groups in total. The fraction of sp³-hybridized carbons (Fsp3) is 0.833. The molecule has 5 nitrogen and oxygen atoms in total. The fourth-order valence-electron chi connectivity index (χ4n) is 1.22. The first kappa shape index (κ1) is 15.9. The van der Waals surface area contributed by atoms with Gasteiger partial charge in [0, 0.05) is 6.04 Å². The fourth-order valence-corrected chi connectivity index (χ4v) is 1.22. The second-order valence-electron chi connectivity index (χ2n) is 5.57. The summed E-state index contributed by atoms with van der Waals surface area (Å²) in [5.41, 5.74) is 5.10. The monoisotopic (exact) mass is 245 g/mol. The van der Waals surface area contributed by atoms with Crippen molar-refractivity contribution >= 4 is 11.9 Å². The molecule has 0 spiro atoms. The summed E-state index contributed by atoms with van der Waals surface area (Å²) in [6, 6.07) is -0.330. The lowest BCUT2D eigenvalue weighted by molar-refractivity contribution is -0.167. The highest BCUT2D eigenvalue weighted by Crippen LogP contribution is 2.17. The summed E-state index contributed by atoms with van der Waals surface area (Å²) < 4.78 is 5.07. The number of carboxylic acid groups (broad SMARTS) is 1. The van der Waals surface area contributed by atoms with Gasteiger partial charge in [0.25, 0.3) is 0 Å². The van der Waals surface area contributed by atoms with E-state index in [9.17, 15) is 9.59 Å². The molecule has 0 bridgehead atoms. The van der Waals surface area contributed by atoms with Crippen LogP contribution in [0.5, 0.6) is 0 Å². The van der Waals surface area contributed by atoms with Crippen molar-refractivity contribution in [3.63, 3.8) is 0 Å². The van der Waals surface area contributed by atoms with E-state index >= 15 is 0 Å². The van der Waals surface area contributed by atoms with Crippen molar-refractivity contribution in [3.8, 4) is 0 Å². The number of ether oxygens (including phenoxy) is 1. The molecule has 0 radical (unpaired) electrons. The third kappa shape index (κ3) is 6.26. The first-order valence-corrected chi connectivity index (χ1v) is 5.76. The molecule has 0 amide bonds. The number of rotatable bonds is 5.